The molecule has 0 radical (unpaired) electrons. The second kappa shape index (κ2) is 7.59. The van der Waals surface area contributed by atoms with Crippen LogP contribution in [0.4, 0.5) is 5.69 Å². The minimum absolute atomic E-state index is 0.0957. The lowest BCUT2D eigenvalue weighted by Gasteiger charge is -2.11. The maximum Gasteiger partial charge on any atom is 0.338 e. The Kier molecular flexibility index (Phi) is 5.52. The molecule has 0 bridgehead atoms. The summed E-state index contributed by atoms with van der Waals surface area (Å²) in [7, 11) is 0. The van der Waals surface area contributed by atoms with E-state index < -0.39 is 10.9 Å². The quantitative estimate of drug-likeness (QED) is 0.455. The van der Waals surface area contributed by atoms with E-state index in [1.54, 1.807) is 0 Å². The van der Waals surface area contributed by atoms with Crippen molar-refractivity contribution in [2.75, 3.05) is 6.61 Å². The van der Waals surface area contributed by atoms with Gasteiger partial charge in [0.05, 0.1) is 17.1 Å². The minimum atomic E-state index is -0.579. The molecular formula is C18H19NO5. The van der Waals surface area contributed by atoms with E-state index in [0.717, 1.165) is 16.9 Å². The van der Waals surface area contributed by atoms with E-state index in [4.69, 9.17) is 9.47 Å². The third kappa shape index (κ3) is 3.90. The van der Waals surface area contributed by atoms with Crippen molar-refractivity contribution < 1.29 is 19.2 Å². The molecule has 0 fully saturated rings. The van der Waals surface area contributed by atoms with Crippen LogP contribution in [0.25, 0.3) is 0 Å². The molecule has 0 amide bonds. The Morgan fingerprint density at radius 3 is 2.58 bits per heavy atom. The summed E-state index contributed by atoms with van der Waals surface area (Å²) >= 11 is 0. The maximum atomic E-state index is 12.2. The third-order valence-electron chi connectivity index (χ3n) is 3.71. The first kappa shape index (κ1) is 17.5. The van der Waals surface area contributed by atoms with Gasteiger partial charge in [0.2, 0.25) is 0 Å². The summed E-state index contributed by atoms with van der Waals surface area (Å²) in [6, 6.07) is 9.90. The van der Waals surface area contributed by atoms with Crippen LogP contribution in [-0.2, 0) is 11.3 Å². The summed E-state index contributed by atoms with van der Waals surface area (Å²) in [5, 5.41) is 10.9. The molecule has 0 saturated heterocycles. The topological polar surface area (TPSA) is 78.7 Å². The monoisotopic (exact) mass is 329 g/mol. The average molecular weight is 329 g/mol. The fourth-order valence-electron chi connectivity index (χ4n) is 2.35. The zero-order valence-electron chi connectivity index (χ0n) is 13.9. The lowest BCUT2D eigenvalue weighted by molar-refractivity contribution is -0.385. The molecule has 0 spiro atoms. The zero-order chi connectivity index (χ0) is 17.7. The van der Waals surface area contributed by atoms with Crippen molar-refractivity contribution in [1.82, 2.24) is 0 Å². The van der Waals surface area contributed by atoms with Gasteiger partial charge in [0.1, 0.15) is 12.4 Å². The second-order valence-electron chi connectivity index (χ2n) is 5.30. The second-order valence-corrected chi connectivity index (χ2v) is 5.30. The molecule has 0 atom stereocenters. The zero-order valence-corrected chi connectivity index (χ0v) is 13.9. The van der Waals surface area contributed by atoms with Crippen LogP contribution in [0.15, 0.2) is 36.4 Å². The van der Waals surface area contributed by atoms with Crippen LogP contribution in [0.2, 0.25) is 0 Å². The minimum Gasteiger partial charge on any atom is -0.494 e. The predicted octanol–water partition coefficient (Wildman–Crippen LogP) is 3.97. The van der Waals surface area contributed by atoms with Gasteiger partial charge in [-0.05, 0) is 50.1 Å². The fraction of sp³-hybridized carbons (Fsp3) is 0.278. The van der Waals surface area contributed by atoms with Gasteiger partial charge in [-0.1, -0.05) is 12.1 Å². The van der Waals surface area contributed by atoms with Gasteiger partial charge in [-0.15, -0.1) is 0 Å². The van der Waals surface area contributed by atoms with Crippen molar-refractivity contribution in [3.63, 3.8) is 0 Å². The van der Waals surface area contributed by atoms with Crippen molar-refractivity contribution in [2.45, 2.75) is 27.4 Å². The molecular weight excluding hydrogens is 310 g/mol. The third-order valence-corrected chi connectivity index (χ3v) is 3.71. The van der Waals surface area contributed by atoms with Crippen LogP contribution >= 0.6 is 0 Å². The molecule has 0 N–H and O–H groups in total. The number of esters is 1. The van der Waals surface area contributed by atoms with Gasteiger partial charge in [0.25, 0.3) is 5.69 Å². The SMILES string of the molecule is CCOc1ccc(COC(=O)c2cccc([N+](=O)[O-])c2C)c(C)c1. The lowest BCUT2D eigenvalue weighted by atomic mass is 10.1. The maximum absolute atomic E-state index is 12.2. The Bertz CT molecular complexity index is 770. The number of ether oxygens (including phenoxy) is 2. The van der Waals surface area contributed by atoms with E-state index in [1.807, 2.05) is 32.0 Å². The summed E-state index contributed by atoms with van der Waals surface area (Å²) in [6.07, 6.45) is 0. The lowest BCUT2D eigenvalue weighted by Crippen LogP contribution is -2.09. The number of nitro benzene ring substituents is 1. The van der Waals surface area contributed by atoms with Gasteiger partial charge >= 0.3 is 5.97 Å². The molecule has 2 rings (SSSR count). The van der Waals surface area contributed by atoms with Crippen molar-refractivity contribution in [1.29, 1.82) is 0 Å². The van der Waals surface area contributed by atoms with E-state index in [-0.39, 0.29) is 17.9 Å². The molecule has 2 aromatic carbocycles. The van der Waals surface area contributed by atoms with E-state index >= 15 is 0 Å². The highest BCUT2D eigenvalue weighted by Crippen LogP contribution is 2.23. The molecule has 0 saturated carbocycles. The van der Waals surface area contributed by atoms with Gasteiger partial charge in [-0.25, -0.2) is 4.79 Å². The molecule has 0 aliphatic rings. The van der Waals surface area contributed by atoms with Crippen LogP contribution in [-0.4, -0.2) is 17.5 Å². The molecule has 0 unspecified atom stereocenters. The number of carbonyl (C=O) groups excluding carboxylic acids is 1. The number of hydrogen-bond acceptors (Lipinski definition) is 5. The van der Waals surface area contributed by atoms with Crippen LogP contribution in [0.3, 0.4) is 0 Å². The van der Waals surface area contributed by atoms with Crippen molar-refractivity contribution in [3.05, 3.63) is 68.8 Å². The smallest absolute Gasteiger partial charge is 0.338 e. The number of aryl methyl sites for hydroxylation is 1. The summed E-state index contributed by atoms with van der Waals surface area (Å²) in [5.74, 6) is 0.184. The Morgan fingerprint density at radius 1 is 1.21 bits per heavy atom. The molecule has 0 aliphatic heterocycles. The Labute approximate surface area is 140 Å². The summed E-state index contributed by atoms with van der Waals surface area (Å²) in [5.41, 5.74) is 2.21. The van der Waals surface area contributed by atoms with Gasteiger partial charge in [0, 0.05) is 11.6 Å². The summed E-state index contributed by atoms with van der Waals surface area (Å²) in [4.78, 5) is 22.7. The molecule has 6 heteroatoms. The Hall–Kier alpha value is -2.89. The van der Waals surface area contributed by atoms with Crippen molar-refractivity contribution in [3.8, 4) is 5.75 Å². The number of nitro groups is 1. The van der Waals surface area contributed by atoms with Crippen LogP contribution in [0.1, 0.15) is 34.0 Å². The van der Waals surface area contributed by atoms with Gasteiger partial charge in [-0.2, -0.15) is 0 Å². The molecule has 6 nitrogen and oxygen atoms in total. The highest BCUT2D eigenvalue weighted by molar-refractivity contribution is 5.92. The molecule has 24 heavy (non-hydrogen) atoms. The van der Waals surface area contributed by atoms with E-state index in [1.165, 1.54) is 25.1 Å². The molecule has 0 aliphatic carbocycles. The predicted molar refractivity (Wildman–Crippen MR) is 89.3 cm³/mol. The van der Waals surface area contributed by atoms with Crippen molar-refractivity contribution >= 4 is 11.7 Å². The number of rotatable bonds is 6. The number of hydrogen-bond donors (Lipinski definition) is 0. The fourth-order valence-corrected chi connectivity index (χ4v) is 2.35. The average Bonchev–Trinajstić information content (AvgIpc) is 2.54. The van der Waals surface area contributed by atoms with Gasteiger partial charge in [-0.3, -0.25) is 10.1 Å². The van der Waals surface area contributed by atoms with Gasteiger partial charge in [0.15, 0.2) is 0 Å². The van der Waals surface area contributed by atoms with Crippen LogP contribution in [0.5, 0.6) is 5.75 Å². The Morgan fingerprint density at radius 2 is 1.96 bits per heavy atom. The number of carbonyl (C=O) groups is 1. The largest absolute Gasteiger partial charge is 0.494 e. The highest BCUT2D eigenvalue weighted by atomic mass is 16.6. The number of nitrogens with zero attached hydrogens (tertiary/aromatic N) is 1. The molecule has 0 aromatic heterocycles. The standard InChI is InChI=1S/C18H19NO5/c1-4-23-15-9-8-14(12(2)10-15)11-24-18(20)16-6-5-7-17(13(16)3)19(21)22/h5-10H,4,11H2,1-3H3. The van der Waals surface area contributed by atoms with E-state index in [9.17, 15) is 14.9 Å². The van der Waals surface area contributed by atoms with Crippen LogP contribution < -0.4 is 4.74 Å². The van der Waals surface area contributed by atoms with Gasteiger partial charge < -0.3 is 9.47 Å². The Balaban J connectivity index is 2.11. The summed E-state index contributed by atoms with van der Waals surface area (Å²) < 4.78 is 10.7. The number of benzene rings is 2. The van der Waals surface area contributed by atoms with E-state index in [2.05, 4.69) is 0 Å². The summed E-state index contributed by atoms with van der Waals surface area (Å²) in [6.45, 7) is 6.03. The first-order valence-corrected chi connectivity index (χ1v) is 7.57. The molecule has 0 heterocycles. The van der Waals surface area contributed by atoms with Crippen LogP contribution in [0, 0.1) is 24.0 Å². The normalized spacial score (nSPS) is 10.3. The van der Waals surface area contributed by atoms with E-state index in [0.29, 0.717) is 12.2 Å². The molecule has 2 aromatic rings. The van der Waals surface area contributed by atoms with Crippen molar-refractivity contribution in [2.24, 2.45) is 0 Å². The molecule has 126 valence electrons. The highest BCUT2D eigenvalue weighted by Gasteiger charge is 2.19. The first-order valence-electron chi connectivity index (χ1n) is 7.57. The first-order chi connectivity index (χ1) is 11.4.